The molecule has 0 spiro atoms. The quantitative estimate of drug-likeness (QED) is 0.0903. The number of aryl methyl sites for hydroxylation is 1. The molecule has 14 heteroatoms. The average molecular weight is 688 g/mol. The van der Waals surface area contributed by atoms with Gasteiger partial charge in [0.2, 0.25) is 23.6 Å². The van der Waals surface area contributed by atoms with E-state index in [0.717, 1.165) is 10.5 Å². The number of carbonyl (C=O) groups excluding carboxylic acids is 5. The van der Waals surface area contributed by atoms with Crippen LogP contribution in [0.4, 0.5) is 11.4 Å². The first-order chi connectivity index (χ1) is 23.8. The van der Waals surface area contributed by atoms with E-state index in [1.807, 2.05) is 30.3 Å². The summed E-state index contributed by atoms with van der Waals surface area (Å²) in [5.41, 5.74) is 7.18. The fourth-order valence-electron chi connectivity index (χ4n) is 5.34. The van der Waals surface area contributed by atoms with E-state index in [4.69, 9.17) is 5.73 Å². The summed E-state index contributed by atoms with van der Waals surface area (Å²) in [6.07, 6.45) is 1.59. The van der Waals surface area contributed by atoms with Gasteiger partial charge in [-0.2, -0.15) is 0 Å². The van der Waals surface area contributed by atoms with Gasteiger partial charge in [0.05, 0.1) is 16.9 Å². The van der Waals surface area contributed by atoms with Gasteiger partial charge in [0.25, 0.3) is 0 Å². The van der Waals surface area contributed by atoms with Crippen molar-refractivity contribution in [2.24, 2.45) is 5.73 Å². The van der Waals surface area contributed by atoms with Crippen LogP contribution in [0.15, 0.2) is 72.8 Å². The molecule has 3 aromatic carbocycles. The van der Waals surface area contributed by atoms with E-state index in [1.165, 1.54) is 37.3 Å². The Morgan fingerprint density at radius 1 is 0.780 bits per heavy atom. The number of nitrogens with two attached hydrogens (primary N) is 1. The maximum absolute atomic E-state index is 13.1. The maximum Gasteiger partial charge on any atom is 0.395 e. The predicted molar refractivity (Wildman–Crippen MR) is 183 cm³/mol. The van der Waals surface area contributed by atoms with Crippen molar-refractivity contribution in [2.75, 3.05) is 11.4 Å². The van der Waals surface area contributed by atoms with Crippen molar-refractivity contribution in [1.29, 1.82) is 0 Å². The largest absolute Gasteiger partial charge is 0.478 e. The Kier molecular flexibility index (Phi) is 14.2. The number of unbranched alkanes of at least 4 members (excludes halogenated alkanes) is 1. The van der Waals surface area contributed by atoms with Crippen LogP contribution in [-0.2, 0) is 48.0 Å². The van der Waals surface area contributed by atoms with Gasteiger partial charge in [-0.1, -0.05) is 61.5 Å². The number of benzene rings is 3. The van der Waals surface area contributed by atoms with Crippen LogP contribution < -0.4 is 26.6 Å². The number of para-hydroxylation sites is 1. The molecule has 0 fully saturated rings. The molecule has 50 heavy (non-hydrogen) atoms. The fraction of sp³-hybridized carbons (Fsp3) is 0.306. The fourth-order valence-corrected chi connectivity index (χ4v) is 5.34. The molecule has 0 aliphatic heterocycles. The Labute approximate surface area is 289 Å². The Morgan fingerprint density at radius 3 is 2.06 bits per heavy atom. The molecule has 264 valence electrons. The summed E-state index contributed by atoms with van der Waals surface area (Å²) in [5, 5.41) is 27.3. The standard InChI is InChI=1S/C36H41N5O9/c1-3-25-19-24(16-17-29(25)41(34(46)36(49)50)30-14-8-7-13-26(30)35(47)48)21-28(39-22(2)42)33(45)38-18-10-9-15-31(43)40-27(32(37)44)20-23-11-5-4-6-12-23/h4-8,11-14,16-17,19,27-28H,3,9-10,15,18,20-21H2,1-2H3,(H2,37,44)(H,38,45)(H,39,42)(H,40,43)(H,47,48)(H,49,50)/t27?,28-/m0/s1. The van der Waals surface area contributed by atoms with E-state index in [1.54, 1.807) is 19.1 Å². The number of hydrogen-bond acceptors (Lipinski definition) is 7. The van der Waals surface area contributed by atoms with Gasteiger partial charge in [0.1, 0.15) is 12.1 Å². The summed E-state index contributed by atoms with van der Waals surface area (Å²) < 4.78 is 0. The first-order valence-electron chi connectivity index (χ1n) is 16.0. The number of amides is 5. The summed E-state index contributed by atoms with van der Waals surface area (Å²) in [6, 6.07) is 17.6. The number of carbonyl (C=O) groups is 7. The Balaban J connectivity index is 1.66. The molecule has 0 radical (unpaired) electrons. The number of hydrogen-bond donors (Lipinski definition) is 6. The molecule has 1 unspecified atom stereocenters. The van der Waals surface area contributed by atoms with E-state index in [0.29, 0.717) is 30.4 Å². The first-order valence-corrected chi connectivity index (χ1v) is 16.0. The van der Waals surface area contributed by atoms with Crippen molar-refractivity contribution >= 4 is 52.8 Å². The maximum atomic E-state index is 13.1. The van der Waals surface area contributed by atoms with Crippen molar-refractivity contribution < 1.29 is 43.8 Å². The molecule has 3 rings (SSSR count). The Morgan fingerprint density at radius 2 is 1.44 bits per heavy atom. The minimum absolute atomic E-state index is 0.0512. The second-order valence-electron chi connectivity index (χ2n) is 11.5. The number of nitrogens with one attached hydrogen (secondary N) is 3. The van der Waals surface area contributed by atoms with Crippen LogP contribution in [0, 0.1) is 0 Å². The van der Waals surface area contributed by atoms with Crippen LogP contribution in [0.1, 0.15) is 60.2 Å². The summed E-state index contributed by atoms with van der Waals surface area (Å²) in [7, 11) is 0. The molecule has 0 aliphatic carbocycles. The van der Waals surface area contributed by atoms with Gasteiger partial charge in [-0.25, -0.2) is 9.59 Å². The molecule has 0 saturated carbocycles. The third-order valence-corrected chi connectivity index (χ3v) is 7.75. The van der Waals surface area contributed by atoms with Crippen LogP contribution >= 0.6 is 0 Å². The SMILES string of the molecule is CCc1cc(C[C@H](NC(C)=O)C(=O)NCCCCC(=O)NC(Cc2ccccc2)C(N)=O)ccc1N(C(=O)C(=O)O)c1ccccc1C(=O)O. The second-order valence-corrected chi connectivity index (χ2v) is 11.5. The zero-order valence-electron chi connectivity index (χ0n) is 27.8. The van der Waals surface area contributed by atoms with Gasteiger partial charge in [0, 0.05) is 32.7 Å². The molecule has 0 aromatic heterocycles. The zero-order chi connectivity index (χ0) is 36.8. The molecule has 5 amide bonds. The number of primary amides is 1. The van der Waals surface area contributed by atoms with E-state index in [-0.39, 0.29) is 48.7 Å². The van der Waals surface area contributed by atoms with Gasteiger partial charge in [0.15, 0.2) is 0 Å². The molecule has 7 N–H and O–H groups in total. The van der Waals surface area contributed by atoms with Crippen LogP contribution in [0.5, 0.6) is 0 Å². The highest BCUT2D eigenvalue weighted by Gasteiger charge is 2.30. The van der Waals surface area contributed by atoms with Crippen LogP contribution in [0.25, 0.3) is 0 Å². The summed E-state index contributed by atoms with van der Waals surface area (Å²) >= 11 is 0. The second kappa shape index (κ2) is 18.5. The summed E-state index contributed by atoms with van der Waals surface area (Å²) in [4.78, 5) is 86.8. The zero-order valence-corrected chi connectivity index (χ0v) is 27.8. The van der Waals surface area contributed by atoms with E-state index in [9.17, 15) is 43.8 Å². The van der Waals surface area contributed by atoms with Crippen molar-refractivity contribution in [3.05, 3.63) is 95.1 Å². The number of aromatic carboxylic acids is 1. The number of carboxylic acid groups (broad SMARTS) is 2. The van der Waals surface area contributed by atoms with Crippen LogP contribution in [-0.4, -0.2) is 70.3 Å². The Hall–Kier alpha value is -6.05. The molecule has 0 bridgehead atoms. The highest BCUT2D eigenvalue weighted by Crippen LogP contribution is 2.33. The van der Waals surface area contributed by atoms with Crippen LogP contribution in [0.2, 0.25) is 0 Å². The van der Waals surface area contributed by atoms with E-state index in [2.05, 4.69) is 16.0 Å². The monoisotopic (exact) mass is 687 g/mol. The van der Waals surface area contributed by atoms with Crippen molar-refractivity contribution in [3.8, 4) is 0 Å². The van der Waals surface area contributed by atoms with Gasteiger partial charge in [-0.3, -0.25) is 28.9 Å². The van der Waals surface area contributed by atoms with Gasteiger partial charge >= 0.3 is 17.8 Å². The lowest BCUT2D eigenvalue weighted by molar-refractivity contribution is -0.148. The average Bonchev–Trinajstić information content (AvgIpc) is 3.08. The third kappa shape index (κ3) is 11.0. The number of aliphatic carboxylic acids is 1. The third-order valence-electron chi connectivity index (χ3n) is 7.75. The van der Waals surface area contributed by atoms with E-state index >= 15 is 0 Å². The van der Waals surface area contributed by atoms with Gasteiger partial charge in [-0.05, 0) is 54.2 Å². The van der Waals surface area contributed by atoms with E-state index < -0.39 is 47.7 Å². The molecule has 2 atom stereocenters. The minimum atomic E-state index is -1.78. The lowest BCUT2D eigenvalue weighted by Gasteiger charge is -2.26. The van der Waals surface area contributed by atoms with Crippen molar-refractivity contribution in [2.45, 2.75) is 64.5 Å². The van der Waals surface area contributed by atoms with Crippen molar-refractivity contribution in [3.63, 3.8) is 0 Å². The summed E-state index contributed by atoms with van der Waals surface area (Å²) in [5.74, 6) is -6.39. The summed E-state index contributed by atoms with van der Waals surface area (Å²) in [6.45, 7) is 3.25. The molecule has 3 aromatic rings. The normalized spacial score (nSPS) is 11.8. The molecule has 0 heterocycles. The van der Waals surface area contributed by atoms with Crippen LogP contribution in [0.3, 0.4) is 0 Å². The van der Waals surface area contributed by atoms with Crippen molar-refractivity contribution in [1.82, 2.24) is 16.0 Å². The number of nitrogens with zero attached hydrogens (tertiary/aromatic N) is 1. The highest BCUT2D eigenvalue weighted by molar-refractivity contribution is 6.39. The number of carboxylic acids is 2. The van der Waals surface area contributed by atoms with Gasteiger partial charge < -0.3 is 31.9 Å². The van der Waals surface area contributed by atoms with Gasteiger partial charge in [-0.15, -0.1) is 0 Å². The highest BCUT2D eigenvalue weighted by atomic mass is 16.4. The topological polar surface area (TPSA) is 225 Å². The number of anilines is 2. The lowest BCUT2D eigenvalue weighted by Crippen LogP contribution is -2.47. The minimum Gasteiger partial charge on any atom is -0.478 e. The first kappa shape index (κ1) is 38.4. The molecular weight excluding hydrogens is 646 g/mol. The lowest BCUT2D eigenvalue weighted by atomic mass is 9.99. The molecular formula is C36H41N5O9. The molecule has 0 aliphatic rings. The Bertz CT molecular complexity index is 1730. The molecule has 0 saturated heterocycles. The molecule has 14 nitrogen and oxygen atoms in total. The number of rotatable bonds is 17. The smallest absolute Gasteiger partial charge is 0.395 e. The predicted octanol–water partition coefficient (Wildman–Crippen LogP) is 2.24.